The van der Waals surface area contributed by atoms with Crippen molar-refractivity contribution >= 4 is 16.7 Å². The number of benzene rings is 1. The molecule has 1 heterocycles. The zero-order valence-corrected chi connectivity index (χ0v) is 11.1. The van der Waals surface area contributed by atoms with Gasteiger partial charge in [0.25, 0.3) is 0 Å². The highest BCUT2D eigenvalue weighted by molar-refractivity contribution is 5.80. The van der Waals surface area contributed by atoms with Gasteiger partial charge >= 0.3 is 0 Å². The summed E-state index contributed by atoms with van der Waals surface area (Å²) in [6.07, 6.45) is 0.701. The molecular formula is C14H13N5O. The van der Waals surface area contributed by atoms with Gasteiger partial charge in [0, 0.05) is 18.9 Å². The van der Waals surface area contributed by atoms with Gasteiger partial charge in [-0.3, -0.25) is 0 Å². The van der Waals surface area contributed by atoms with E-state index in [1.54, 1.807) is 25.1 Å². The van der Waals surface area contributed by atoms with Gasteiger partial charge in [-0.15, -0.1) is 0 Å². The van der Waals surface area contributed by atoms with Gasteiger partial charge < -0.3 is 15.0 Å². The fourth-order valence-corrected chi connectivity index (χ4v) is 1.93. The number of nitrogens with zero attached hydrogens (tertiary/aromatic N) is 4. The van der Waals surface area contributed by atoms with Crippen molar-refractivity contribution in [1.29, 1.82) is 10.5 Å². The van der Waals surface area contributed by atoms with Crippen LogP contribution in [-0.4, -0.2) is 14.7 Å². The van der Waals surface area contributed by atoms with E-state index in [-0.39, 0.29) is 5.57 Å². The quantitative estimate of drug-likeness (QED) is 0.828. The fourth-order valence-electron chi connectivity index (χ4n) is 1.93. The predicted octanol–water partition coefficient (Wildman–Crippen LogP) is 1.97. The molecule has 0 bridgehead atoms. The molecule has 0 saturated carbocycles. The van der Waals surface area contributed by atoms with Crippen LogP contribution in [-0.2, 0) is 7.05 Å². The maximum absolute atomic E-state index is 9.63. The van der Waals surface area contributed by atoms with Crippen molar-refractivity contribution in [3.8, 4) is 12.1 Å². The lowest BCUT2D eigenvalue weighted by molar-refractivity contribution is 0.186. The van der Waals surface area contributed by atoms with Crippen molar-refractivity contribution in [3.63, 3.8) is 0 Å². The maximum Gasteiger partial charge on any atom is 0.145 e. The smallest absolute Gasteiger partial charge is 0.145 e. The molecule has 0 spiro atoms. The van der Waals surface area contributed by atoms with Gasteiger partial charge in [-0.1, -0.05) is 0 Å². The first kappa shape index (κ1) is 13.6. The minimum Gasteiger partial charge on any atom is -0.385 e. The van der Waals surface area contributed by atoms with E-state index in [2.05, 4.69) is 10.3 Å². The molecule has 0 amide bonds. The van der Waals surface area contributed by atoms with E-state index in [1.165, 1.54) is 6.20 Å². The highest BCUT2D eigenvalue weighted by Gasteiger charge is 2.12. The molecule has 2 aromatic rings. The third-order valence-electron chi connectivity index (χ3n) is 2.91. The van der Waals surface area contributed by atoms with Crippen LogP contribution in [0.15, 0.2) is 30.0 Å². The van der Waals surface area contributed by atoms with Crippen LogP contribution in [0.4, 0.5) is 5.69 Å². The number of hydrogen-bond donors (Lipinski definition) is 2. The van der Waals surface area contributed by atoms with E-state index < -0.39 is 6.10 Å². The second-order valence-corrected chi connectivity index (χ2v) is 4.33. The zero-order valence-electron chi connectivity index (χ0n) is 11.1. The van der Waals surface area contributed by atoms with E-state index in [1.807, 2.05) is 23.7 Å². The Morgan fingerprint density at radius 3 is 2.75 bits per heavy atom. The molecular weight excluding hydrogens is 254 g/mol. The number of aromatic nitrogens is 2. The third-order valence-corrected chi connectivity index (χ3v) is 2.91. The van der Waals surface area contributed by atoms with Crippen molar-refractivity contribution < 1.29 is 5.11 Å². The molecule has 6 heteroatoms. The van der Waals surface area contributed by atoms with Crippen LogP contribution < -0.4 is 5.32 Å². The number of imidazole rings is 1. The molecule has 1 unspecified atom stereocenters. The fraction of sp³-hybridized carbons (Fsp3) is 0.214. The van der Waals surface area contributed by atoms with Crippen LogP contribution in [0.3, 0.4) is 0 Å². The molecule has 100 valence electrons. The SMILES string of the molecule is CC(O)c1nc2cc(NC=C(C#N)C#N)ccc2n1C. The summed E-state index contributed by atoms with van der Waals surface area (Å²) in [6, 6.07) is 9.02. The number of aliphatic hydroxyl groups is 1. The summed E-state index contributed by atoms with van der Waals surface area (Å²) in [6.45, 7) is 1.66. The second kappa shape index (κ2) is 5.43. The van der Waals surface area contributed by atoms with E-state index in [4.69, 9.17) is 10.5 Å². The molecule has 0 aliphatic carbocycles. The Morgan fingerprint density at radius 1 is 1.45 bits per heavy atom. The van der Waals surface area contributed by atoms with Gasteiger partial charge in [0.2, 0.25) is 0 Å². The molecule has 1 atom stereocenters. The number of rotatable bonds is 3. The largest absolute Gasteiger partial charge is 0.385 e. The minimum atomic E-state index is -0.646. The Kier molecular flexibility index (Phi) is 3.69. The predicted molar refractivity (Wildman–Crippen MR) is 74.3 cm³/mol. The summed E-state index contributed by atoms with van der Waals surface area (Å²) in [7, 11) is 1.84. The number of fused-ring (bicyclic) bond motifs is 1. The van der Waals surface area contributed by atoms with Crippen molar-refractivity contribution in [2.45, 2.75) is 13.0 Å². The van der Waals surface area contributed by atoms with Crippen molar-refractivity contribution in [2.75, 3.05) is 5.32 Å². The lowest BCUT2D eigenvalue weighted by Gasteiger charge is -2.04. The summed E-state index contributed by atoms with van der Waals surface area (Å²) < 4.78 is 1.83. The zero-order chi connectivity index (χ0) is 14.7. The first-order valence-electron chi connectivity index (χ1n) is 5.98. The molecule has 2 N–H and O–H groups in total. The third kappa shape index (κ3) is 2.46. The van der Waals surface area contributed by atoms with Crippen molar-refractivity contribution in [3.05, 3.63) is 35.8 Å². The van der Waals surface area contributed by atoms with Gasteiger partial charge in [0.1, 0.15) is 29.6 Å². The lowest BCUT2D eigenvalue weighted by atomic mass is 10.2. The number of aliphatic hydroxyl groups excluding tert-OH is 1. The van der Waals surface area contributed by atoms with Gasteiger partial charge in [0.05, 0.1) is 11.0 Å². The monoisotopic (exact) mass is 267 g/mol. The Balaban J connectivity index is 2.38. The van der Waals surface area contributed by atoms with Crippen molar-refractivity contribution in [2.24, 2.45) is 7.05 Å². The van der Waals surface area contributed by atoms with Gasteiger partial charge in [0.15, 0.2) is 0 Å². The van der Waals surface area contributed by atoms with Crippen LogP contribution in [0.2, 0.25) is 0 Å². The Labute approximate surface area is 116 Å². The summed E-state index contributed by atoms with van der Waals surface area (Å²) in [5, 5.41) is 29.8. The number of anilines is 1. The summed E-state index contributed by atoms with van der Waals surface area (Å²) in [5.41, 5.74) is 2.35. The van der Waals surface area contributed by atoms with Crippen molar-refractivity contribution in [1.82, 2.24) is 9.55 Å². The van der Waals surface area contributed by atoms with Gasteiger partial charge in [-0.25, -0.2) is 4.98 Å². The van der Waals surface area contributed by atoms with E-state index in [0.29, 0.717) is 5.82 Å². The van der Waals surface area contributed by atoms with Crippen LogP contribution in [0.5, 0.6) is 0 Å². The second-order valence-electron chi connectivity index (χ2n) is 4.33. The summed E-state index contributed by atoms with van der Waals surface area (Å²) in [4.78, 5) is 4.36. The topological polar surface area (TPSA) is 97.7 Å². The molecule has 0 saturated heterocycles. The lowest BCUT2D eigenvalue weighted by Crippen LogP contribution is -2.01. The molecule has 20 heavy (non-hydrogen) atoms. The minimum absolute atomic E-state index is 0.00390. The average Bonchev–Trinajstić information content (AvgIpc) is 2.77. The molecule has 2 rings (SSSR count). The highest BCUT2D eigenvalue weighted by Crippen LogP contribution is 2.22. The number of allylic oxidation sites excluding steroid dienone is 1. The van der Waals surface area contributed by atoms with Gasteiger partial charge in [-0.2, -0.15) is 10.5 Å². The van der Waals surface area contributed by atoms with E-state index in [0.717, 1.165) is 16.7 Å². The Hall–Kier alpha value is -2.83. The van der Waals surface area contributed by atoms with E-state index in [9.17, 15) is 5.11 Å². The summed E-state index contributed by atoms with van der Waals surface area (Å²) >= 11 is 0. The molecule has 1 aromatic carbocycles. The first-order chi connectivity index (χ1) is 9.56. The van der Waals surface area contributed by atoms with Crippen LogP contribution in [0.1, 0.15) is 18.9 Å². The molecule has 0 aliphatic heterocycles. The first-order valence-corrected chi connectivity index (χ1v) is 5.98. The van der Waals surface area contributed by atoms with Crippen LogP contribution >= 0.6 is 0 Å². The average molecular weight is 267 g/mol. The molecule has 0 aliphatic rings. The standard InChI is InChI=1S/C14H13N5O/c1-9(20)14-18-12-5-11(3-4-13(12)19(14)2)17-8-10(6-15)7-16/h3-5,8-9,17,20H,1-2H3. The Bertz CT molecular complexity index is 742. The molecule has 6 nitrogen and oxygen atoms in total. The molecule has 0 radical (unpaired) electrons. The normalized spacial score (nSPS) is 11.4. The molecule has 0 fully saturated rings. The Morgan fingerprint density at radius 2 is 2.15 bits per heavy atom. The van der Waals surface area contributed by atoms with Crippen LogP contribution in [0.25, 0.3) is 11.0 Å². The number of aryl methyl sites for hydroxylation is 1. The molecule has 1 aromatic heterocycles. The number of nitrogens with one attached hydrogen (secondary N) is 1. The number of nitriles is 2. The highest BCUT2D eigenvalue weighted by atomic mass is 16.3. The van der Waals surface area contributed by atoms with Crippen LogP contribution in [0, 0.1) is 22.7 Å². The van der Waals surface area contributed by atoms with Gasteiger partial charge in [-0.05, 0) is 25.1 Å². The summed E-state index contributed by atoms with van der Waals surface area (Å²) in [5.74, 6) is 0.586. The maximum atomic E-state index is 9.63. The number of hydrogen-bond acceptors (Lipinski definition) is 5. The van der Waals surface area contributed by atoms with E-state index >= 15 is 0 Å².